The molecule has 0 aliphatic carbocycles. The number of carbonyl (C=O) groups is 1. The molecule has 0 aliphatic heterocycles. The molecule has 0 fully saturated rings. The first-order valence-electron chi connectivity index (χ1n) is 8.52. The molecule has 1 amide bonds. The Balaban J connectivity index is 2.25. The van der Waals surface area contributed by atoms with Gasteiger partial charge >= 0.3 is 12.4 Å². The second kappa shape index (κ2) is 8.44. The van der Waals surface area contributed by atoms with Gasteiger partial charge in [-0.3, -0.25) is 4.79 Å². The molecular weight excluding hydrogens is 466 g/mol. The fourth-order valence-electron chi connectivity index (χ4n) is 2.59. The highest BCUT2D eigenvalue weighted by atomic mass is 32.2. The van der Waals surface area contributed by atoms with Crippen LogP contribution in [0.1, 0.15) is 23.6 Å². The van der Waals surface area contributed by atoms with Gasteiger partial charge in [0.1, 0.15) is 0 Å². The van der Waals surface area contributed by atoms with Crippen molar-refractivity contribution in [3.8, 4) is 6.07 Å². The van der Waals surface area contributed by atoms with E-state index in [1.54, 1.807) is 0 Å². The van der Waals surface area contributed by atoms with Gasteiger partial charge in [-0.15, -0.1) is 0 Å². The van der Waals surface area contributed by atoms with E-state index in [1.165, 1.54) is 6.07 Å². The minimum Gasteiger partial charge on any atom is -0.379 e. The number of sulfone groups is 1. The lowest BCUT2D eigenvalue weighted by atomic mass is 10.1. The molecule has 1 atom stereocenters. The Labute approximate surface area is 178 Å². The molecule has 0 heterocycles. The molecule has 0 saturated carbocycles. The quantitative estimate of drug-likeness (QED) is 0.634. The van der Waals surface area contributed by atoms with Gasteiger partial charge in [-0.1, -0.05) is 0 Å². The van der Waals surface area contributed by atoms with Gasteiger partial charge in [0.2, 0.25) is 0 Å². The van der Waals surface area contributed by atoms with Gasteiger partial charge in [-0.25, -0.2) is 8.42 Å². The van der Waals surface area contributed by atoms with E-state index < -0.39 is 66.7 Å². The van der Waals surface area contributed by atoms with E-state index in [2.05, 4.69) is 0 Å². The predicted octanol–water partition coefficient (Wildman–Crippen LogP) is 3.76. The fourth-order valence-corrected chi connectivity index (χ4v) is 4.18. The number of hydrogen-bond acceptors (Lipinski definition) is 5. The van der Waals surface area contributed by atoms with Crippen LogP contribution in [0.15, 0.2) is 47.4 Å². The molecule has 0 saturated heterocycles. The van der Waals surface area contributed by atoms with Crippen LogP contribution in [0.2, 0.25) is 0 Å². The largest absolute Gasteiger partial charge is 0.417 e. The Bertz CT molecular complexity index is 1160. The number of alkyl halides is 6. The van der Waals surface area contributed by atoms with Gasteiger partial charge in [0, 0.05) is 5.69 Å². The van der Waals surface area contributed by atoms with E-state index in [9.17, 15) is 44.7 Å². The molecule has 2 aromatic rings. The Kier molecular flexibility index (Phi) is 6.63. The zero-order valence-electron chi connectivity index (χ0n) is 16.0. The number of amides is 1. The van der Waals surface area contributed by atoms with Crippen LogP contribution in [-0.4, -0.2) is 30.8 Å². The topological polar surface area (TPSA) is 107 Å². The molecule has 172 valence electrons. The first-order valence-corrected chi connectivity index (χ1v) is 10.2. The lowest BCUT2D eigenvalue weighted by Gasteiger charge is -2.22. The van der Waals surface area contributed by atoms with Crippen LogP contribution < -0.4 is 5.32 Å². The average Bonchev–Trinajstić information content (AvgIpc) is 2.66. The van der Waals surface area contributed by atoms with Crippen molar-refractivity contribution in [1.82, 2.24) is 0 Å². The number of halogens is 6. The number of rotatable bonds is 5. The smallest absolute Gasteiger partial charge is 0.379 e. The summed E-state index contributed by atoms with van der Waals surface area (Å²) in [5.41, 5.74) is -6.30. The highest BCUT2D eigenvalue weighted by Crippen LogP contribution is 2.34. The molecule has 2 N–H and O–H groups in total. The summed E-state index contributed by atoms with van der Waals surface area (Å²) < 4.78 is 102. The van der Waals surface area contributed by atoms with Gasteiger partial charge in [-0.2, -0.15) is 31.6 Å². The maximum atomic E-state index is 13.0. The van der Waals surface area contributed by atoms with Gasteiger partial charge in [0.25, 0.3) is 5.91 Å². The second-order valence-corrected chi connectivity index (χ2v) is 8.87. The van der Waals surface area contributed by atoms with Gasteiger partial charge in [-0.05, 0) is 49.4 Å². The van der Waals surface area contributed by atoms with E-state index in [0.29, 0.717) is 30.3 Å². The van der Waals surface area contributed by atoms with Crippen molar-refractivity contribution in [2.24, 2.45) is 0 Å². The van der Waals surface area contributed by atoms with Crippen LogP contribution in [0.25, 0.3) is 0 Å². The third-order valence-electron chi connectivity index (χ3n) is 4.20. The van der Waals surface area contributed by atoms with Crippen molar-refractivity contribution in [3.63, 3.8) is 0 Å². The number of nitrogens with zero attached hydrogens (tertiary/aromatic N) is 1. The maximum absolute atomic E-state index is 13.0. The molecule has 6 nitrogen and oxygen atoms in total. The summed E-state index contributed by atoms with van der Waals surface area (Å²) in [7, 11) is -4.46. The molecule has 0 spiro atoms. The molecule has 0 aliphatic rings. The zero-order valence-corrected chi connectivity index (χ0v) is 16.9. The molecule has 2 rings (SSSR count). The van der Waals surface area contributed by atoms with Crippen molar-refractivity contribution < 1.29 is 44.7 Å². The first kappa shape index (κ1) is 25.2. The Morgan fingerprint density at radius 2 is 1.59 bits per heavy atom. The third kappa shape index (κ3) is 5.77. The molecular formula is C19H14F6N2O4S. The van der Waals surface area contributed by atoms with E-state index in [4.69, 9.17) is 5.26 Å². The van der Waals surface area contributed by atoms with Gasteiger partial charge in [0.05, 0.1) is 33.4 Å². The predicted molar refractivity (Wildman–Crippen MR) is 98.9 cm³/mol. The van der Waals surface area contributed by atoms with Crippen LogP contribution in [0.4, 0.5) is 32.0 Å². The number of anilines is 1. The molecule has 2 aromatic carbocycles. The van der Waals surface area contributed by atoms with E-state index in [0.717, 1.165) is 19.1 Å². The van der Waals surface area contributed by atoms with Crippen molar-refractivity contribution in [1.29, 1.82) is 5.26 Å². The summed E-state index contributed by atoms with van der Waals surface area (Å²) in [6, 6.07) is 5.85. The third-order valence-corrected chi connectivity index (χ3v) is 6.14. The van der Waals surface area contributed by atoms with Crippen molar-refractivity contribution in [2.45, 2.75) is 29.8 Å². The summed E-state index contributed by atoms with van der Waals surface area (Å²) >= 11 is 0. The molecule has 0 bridgehead atoms. The van der Waals surface area contributed by atoms with Crippen molar-refractivity contribution in [2.75, 3.05) is 11.1 Å². The number of nitriles is 1. The summed E-state index contributed by atoms with van der Waals surface area (Å²) in [6.45, 7) is 0.776. The highest BCUT2D eigenvalue weighted by molar-refractivity contribution is 7.91. The number of carbonyl (C=O) groups excluding carboxylic acids is 1. The van der Waals surface area contributed by atoms with E-state index in [-0.39, 0.29) is 0 Å². The monoisotopic (exact) mass is 480 g/mol. The van der Waals surface area contributed by atoms with Crippen LogP contribution in [-0.2, 0) is 27.0 Å². The minimum atomic E-state index is -4.92. The van der Waals surface area contributed by atoms with Gasteiger partial charge in [0.15, 0.2) is 15.4 Å². The second-order valence-electron chi connectivity index (χ2n) is 6.88. The highest BCUT2D eigenvalue weighted by Gasteiger charge is 2.38. The zero-order chi connectivity index (χ0) is 24.5. The summed E-state index contributed by atoms with van der Waals surface area (Å²) in [5.74, 6) is -2.65. The number of nitrogens with one attached hydrogen (secondary N) is 1. The van der Waals surface area contributed by atoms with E-state index in [1.807, 2.05) is 5.32 Å². The van der Waals surface area contributed by atoms with Crippen molar-refractivity contribution in [3.05, 3.63) is 59.2 Å². The van der Waals surface area contributed by atoms with Crippen LogP contribution in [0.3, 0.4) is 0 Å². The maximum Gasteiger partial charge on any atom is 0.417 e. The summed E-state index contributed by atoms with van der Waals surface area (Å²) in [5, 5.41) is 21.0. The standard InChI is InChI=1S/C19H14F6N2O4S/c1-17(29,10-32(30,31)14-6-3-12(4-7-14)18(20,21)22)16(28)27-13-5-2-11(9-26)15(8-13)19(23,24)25/h2-8,29H,10H2,1H3,(H,27,28)/t17-/m0/s1. The SMILES string of the molecule is C[C@](O)(CS(=O)(=O)c1ccc(C(F)(F)F)cc1)C(=O)Nc1ccc(C#N)c(C(F)(F)F)c1. The Hall–Kier alpha value is -3.11. The normalized spacial score (nSPS) is 14.3. The lowest BCUT2D eigenvalue weighted by Crippen LogP contribution is -2.45. The summed E-state index contributed by atoms with van der Waals surface area (Å²) in [4.78, 5) is 11.7. The molecule has 0 aromatic heterocycles. The van der Waals surface area contributed by atoms with Crippen LogP contribution in [0.5, 0.6) is 0 Å². The first-order chi connectivity index (χ1) is 14.5. The molecule has 0 unspecified atom stereocenters. The lowest BCUT2D eigenvalue weighted by molar-refractivity contribution is -0.138. The van der Waals surface area contributed by atoms with E-state index >= 15 is 0 Å². The van der Waals surface area contributed by atoms with Gasteiger partial charge < -0.3 is 10.4 Å². The number of aliphatic hydroxyl groups is 1. The fraction of sp³-hybridized carbons (Fsp3) is 0.263. The molecule has 32 heavy (non-hydrogen) atoms. The number of benzene rings is 2. The minimum absolute atomic E-state index is 0.441. The average molecular weight is 480 g/mol. The number of hydrogen-bond donors (Lipinski definition) is 2. The summed E-state index contributed by atoms with van der Waals surface area (Å²) in [6.07, 6.45) is -9.62. The van der Waals surface area contributed by atoms with Crippen LogP contribution >= 0.6 is 0 Å². The molecule has 13 heteroatoms. The molecule has 0 radical (unpaired) electrons. The Morgan fingerprint density at radius 1 is 1.03 bits per heavy atom. The van der Waals surface area contributed by atoms with Crippen LogP contribution in [0, 0.1) is 11.3 Å². The Morgan fingerprint density at radius 3 is 2.06 bits per heavy atom. The van der Waals surface area contributed by atoms with Crippen molar-refractivity contribution >= 4 is 21.4 Å².